The molecule has 100 valence electrons. The molecule has 1 heterocycles. The van der Waals surface area contributed by atoms with Gasteiger partial charge in [-0.1, -0.05) is 31.2 Å². The number of rotatable bonds is 7. The van der Waals surface area contributed by atoms with E-state index in [9.17, 15) is 0 Å². The van der Waals surface area contributed by atoms with E-state index in [-0.39, 0.29) is 0 Å². The molecular weight excluding hydrogens is 224 g/mol. The largest absolute Gasteiger partial charge is 0.380 e. The molecule has 1 aliphatic rings. The minimum absolute atomic E-state index is 0.700. The van der Waals surface area contributed by atoms with Crippen LogP contribution >= 0.6 is 0 Å². The summed E-state index contributed by atoms with van der Waals surface area (Å²) in [6, 6.07) is 9.51. The number of methoxy groups -OCH3 is 1. The summed E-state index contributed by atoms with van der Waals surface area (Å²) in [4.78, 5) is 2.59. The molecule has 0 spiro atoms. The molecule has 2 rings (SSSR count). The molecule has 1 N–H and O–H groups in total. The topological polar surface area (TPSA) is 24.5 Å². The highest BCUT2D eigenvalue weighted by Crippen LogP contribution is 2.13. The summed E-state index contributed by atoms with van der Waals surface area (Å²) in [7, 11) is 1.74. The van der Waals surface area contributed by atoms with Crippen LogP contribution in [0.4, 0.5) is 0 Å². The van der Waals surface area contributed by atoms with E-state index < -0.39 is 0 Å². The highest BCUT2D eigenvalue weighted by Gasteiger charge is 2.23. The summed E-state index contributed by atoms with van der Waals surface area (Å²) < 4.78 is 5.13. The Balaban J connectivity index is 1.92. The van der Waals surface area contributed by atoms with Crippen molar-refractivity contribution in [3.8, 4) is 0 Å². The molecule has 1 aromatic carbocycles. The van der Waals surface area contributed by atoms with Gasteiger partial charge in [0.2, 0.25) is 0 Å². The second kappa shape index (κ2) is 6.88. The highest BCUT2D eigenvalue weighted by atomic mass is 16.5. The zero-order chi connectivity index (χ0) is 12.8. The van der Waals surface area contributed by atoms with Crippen LogP contribution in [-0.4, -0.2) is 37.7 Å². The van der Waals surface area contributed by atoms with Crippen molar-refractivity contribution in [1.29, 1.82) is 0 Å². The molecule has 1 aromatic rings. The van der Waals surface area contributed by atoms with Crippen molar-refractivity contribution in [2.24, 2.45) is 0 Å². The van der Waals surface area contributed by atoms with E-state index in [0.717, 1.165) is 25.7 Å². The normalized spacial score (nSPS) is 15.9. The molecule has 18 heavy (non-hydrogen) atoms. The first-order valence-electron chi connectivity index (χ1n) is 6.85. The van der Waals surface area contributed by atoms with Crippen molar-refractivity contribution in [2.45, 2.75) is 32.5 Å². The maximum absolute atomic E-state index is 5.13. The zero-order valence-electron chi connectivity index (χ0n) is 11.5. The number of benzene rings is 1. The summed E-state index contributed by atoms with van der Waals surface area (Å²) in [6.45, 7) is 7.48. The Kier molecular flexibility index (Phi) is 5.17. The molecule has 0 atom stereocenters. The molecule has 1 aliphatic heterocycles. The van der Waals surface area contributed by atoms with Crippen LogP contribution in [0.25, 0.3) is 0 Å². The maximum Gasteiger partial charge on any atom is 0.0713 e. The van der Waals surface area contributed by atoms with E-state index in [2.05, 4.69) is 41.4 Å². The number of hydrogen-bond acceptors (Lipinski definition) is 3. The van der Waals surface area contributed by atoms with Crippen molar-refractivity contribution >= 4 is 0 Å². The fourth-order valence-electron chi connectivity index (χ4n) is 2.35. The lowest BCUT2D eigenvalue weighted by Crippen LogP contribution is -2.56. The summed E-state index contributed by atoms with van der Waals surface area (Å²) in [5, 5.41) is 3.35. The Morgan fingerprint density at radius 3 is 2.39 bits per heavy atom. The van der Waals surface area contributed by atoms with Crippen molar-refractivity contribution in [2.75, 3.05) is 26.7 Å². The highest BCUT2D eigenvalue weighted by molar-refractivity contribution is 5.22. The molecule has 0 amide bonds. The van der Waals surface area contributed by atoms with Gasteiger partial charge in [-0.2, -0.15) is 0 Å². The second-order valence-corrected chi connectivity index (χ2v) is 5.03. The zero-order valence-corrected chi connectivity index (χ0v) is 11.5. The SMILES string of the molecule is CCCN(Cc1ccc(COC)cc1)C1CNC1. The van der Waals surface area contributed by atoms with Gasteiger partial charge < -0.3 is 10.1 Å². The average molecular weight is 248 g/mol. The van der Waals surface area contributed by atoms with Crippen LogP contribution in [0, 0.1) is 0 Å². The Morgan fingerprint density at radius 1 is 1.22 bits per heavy atom. The van der Waals surface area contributed by atoms with Gasteiger partial charge in [-0.3, -0.25) is 4.90 Å². The minimum Gasteiger partial charge on any atom is -0.380 e. The number of hydrogen-bond donors (Lipinski definition) is 1. The van der Waals surface area contributed by atoms with Gasteiger partial charge >= 0.3 is 0 Å². The van der Waals surface area contributed by atoms with Gasteiger partial charge in [-0.05, 0) is 24.1 Å². The Bertz CT molecular complexity index is 346. The van der Waals surface area contributed by atoms with E-state index in [0.29, 0.717) is 6.61 Å². The van der Waals surface area contributed by atoms with Crippen LogP contribution in [0.5, 0.6) is 0 Å². The van der Waals surface area contributed by atoms with E-state index in [1.807, 2.05) is 0 Å². The number of nitrogens with zero attached hydrogens (tertiary/aromatic N) is 1. The monoisotopic (exact) mass is 248 g/mol. The first-order valence-corrected chi connectivity index (χ1v) is 6.85. The fraction of sp³-hybridized carbons (Fsp3) is 0.600. The Morgan fingerprint density at radius 2 is 1.89 bits per heavy atom. The lowest BCUT2D eigenvalue weighted by Gasteiger charge is -2.38. The molecule has 0 aliphatic carbocycles. The van der Waals surface area contributed by atoms with Crippen molar-refractivity contribution in [3.05, 3.63) is 35.4 Å². The third-order valence-corrected chi connectivity index (χ3v) is 3.51. The van der Waals surface area contributed by atoms with Gasteiger partial charge in [-0.15, -0.1) is 0 Å². The summed E-state index contributed by atoms with van der Waals surface area (Å²) >= 11 is 0. The molecule has 3 heteroatoms. The van der Waals surface area contributed by atoms with Gasteiger partial charge in [0, 0.05) is 32.8 Å². The van der Waals surface area contributed by atoms with Crippen LogP contribution < -0.4 is 5.32 Å². The molecule has 0 bridgehead atoms. The van der Waals surface area contributed by atoms with Crippen molar-refractivity contribution in [1.82, 2.24) is 10.2 Å². The lowest BCUT2D eigenvalue weighted by atomic mass is 10.1. The van der Waals surface area contributed by atoms with Crippen LogP contribution in [0.15, 0.2) is 24.3 Å². The summed E-state index contributed by atoms with van der Waals surface area (Å²) in [6.07, 6.45) is 1.22. The van der Waals surface area contributed by atoms with Crippen LogP contribution in [0.1, 0.15) is 24.5 Å². The van der Waals surface area contributed by atoms with Crippen LogP contribution in [0.2, 0.25) is 0 Å². The van der Waals surface area contributed by atoms with Gasteiger partial charge in [-0.25, -0.2) is 0 Å². The predicted molar refractivity (Wildman–Crippen MR) is 74.5 cm³/mol. The molecule has 0 radical (unpaired) electrons. The second-order valence-electron chi connectivity index (χ2n) is 5.03. The average Bonchev–Trinajstić information content (AvgIpc) is 2.30. The summed E-state index contributed by atoms with van der Waals surface area (Å²) in [5.74, 6) is 0. The van der Waals surface area contributed by atoms with Gasteiger partial charge in [0.15, 0.2) is 0 Å². The standard InChI is InChI=1S/C15H24N2O/c1-3-8-17(15-9-16-10-15)11-13-4-6-14(7-5-13)12-18-2/h4-7,15-16H,3,8-12H2,1-2H3. The lowest BCUT2D eigenvalue weighted by molar-refractivity contribution is 0.138. The molecule has 1 saturated heterocycles. The first kappa shape index (κ1) is 13.5. The molecule has 0 saturated carbocycles. The van der Waals surface area contributed by atoms with E-state index in [1.165, 1.54) is 24.1 Å². The van der Waals surface area contributed by atoms with E-state index in [1.54, 1.807) is 7.11 Å². The fourth-order valence-corrected chi connectivity index (χ4v) is 2.35. The van der Waals surface area contributed by atoms with E-state index in [4.69, 9.17) is 4.74 Å². The third-order valence-electron chi connectivity index (χ3n) is 3.51. The number of nitrogens with one attached hydrogen (secondary N) is 1. The number of ether oxygens (including phenoxy) is 1. The predicted octanol–water partition coefficient (Wildman–Crippen LogP) is 2.02. The van der Waals surface area contributed by atoms with Crippen molar-refractivity contribution in [3.63, 3.8) is 0 Å². The minimum atomic E-state index is 0.700. The molecule has 1 fully saturated rings. The van der Waals surface area contributed by atoms with Crippen LogP contribution in [-0.2, 0) is 17.9 Å². The van der Waals surface area contributed by atoms with E-state index >= 15 is 0 Å². The first-order chi connectivity index (χ1) is 8.83. The third kappa shape index (κ3) is 3.55. The quantitative estimate of drug-likeness (QED) is 0.799. The van der Waals surface area contributed by atoms with Gasteiger partial charge in [0.25, 0.3) is 0 Å². The maximum atomic E-state index is 5.13. The summed E-state index contributed by atoms with van der Waals surface area (Å²) in [5.41, 5.74) is 2.64. The smallest absolute Gasteiger partial charge is 0.0713 e. The Hall–Kier alpha value is -0.900. The molecule has 0 unspecified atom stereocenters. The van der Waals surface area contributed by atoms with Gasteiger partial charge in [0.1, 0.15) is 0 Å². The molecule has 0 aromatic heterocycles. The molecular formula is C15H24N2O. The van der Waals surface area contributed by atoms with Gasteiger partial charge in [0.05, 0.1) is 6.61 Å². The Labute approximate surface area is 110 Å². The van der Waals surface area contributed by atoms with Crippen molar-refractivity contribution < 1.29 is 4.74 Å². The van der Waals surface area contributed by atoms with Crippen LogP contribution in [0.3, 0.4) is 0 Å². The molecule has 3 nitrogen and oxygen atoms in total.